The number of hydrogen-bond acceptors (Lipinski definition) is 6. The second kappa shape index (κ2) is 11.0. The SMILES string of the molecule is COc1cc(/C=C(\C#N)C(=O)Nc2cc([N+](=O)[O-])ccc2C)cc(Cl)c1OCc1ccccc1. The van der Waals surface area contributed by atoms with Gasteiger partial charge in [0.2, 0.25) is 0 Å². The van der Waals surface area contributed by atoms with Crippen molar-refractivity contribution in [2.24, 2.45) is 0 Å². The van der Waals surface area contributed by atoms with E-state index in [1.165, 1.54) is 31.4 Å². The van der Waals surface area contributed by atoms with Gasteiger partial charge >= 0.3 is 0 Å². The van der Waals surface area contributed by atoms with Crippen molar-refractivity contribution in [2.75, 3.05) is 12.4 Å². The highest BCUT2D eigenvalue weighted by atomic mass is 35.5. The molecule has 34 heavy (non-hydrogen) atoms. The molecule has 0 saturated carbocycles. The van der Waals surface area contributed by atoms with Gasteiger partial charge in [0, 0.05) is 12.1 Å². The predicted octanol–water partition coefficient (Wildman–Crippen LogP) is 5.69. The van der Waals surface area contributed by atoms with Crippen molar-refractivity contribution in [3.05, 3.63) is 98.1 Å². The van der Waals surface area contributed by atoms with E-state index in [0.717, 1.165) is 5.56 Å². The average molecular weight is 478 g/mol. The molecule has 0 spiro atoms. The highest BCUT2D eigenvalue weighted by molar-refractivity contribution is 6.32. The summed E-state index contributed by atoms with van der Waals surface area (Å²) in [4.78, 5) is 23.1. The summed E-state index contributed by atoms with van der Waals surface area (Å²) >= 11 is 6.40. The van der Waals surface area contributed by atoms with Crippen LogP contribution >= 0.6 is 11.6 Å². The molecule has 3 rings (SSSR count). The first-order valence-electron chi connectivity index (χ1n) is 10.0. The summed E-state index contributed by atoms with van der Waals surface area (Å²) in [6.45, 7) is 1.97. The number of halogens is 1. The standard InChI is InChI=1S/C25H20ClN3O5/c1-16-8-9-20(29(31)32)13-22(16)28-25(30)19(14-27)10-18-11-21(26)24(23(12-18)33-2)34-15-17-6-4-3-5-7-17/h3-13H,15H2,1-2H3,(H,28,30)/b19-10+. The Morgan fingerprint density at radius 3 is 2.59 bits per heavy atom. The van der Waals surface area contributed by atoms with E-state index in [1.807, 2.05) is 36.4 Å². The number of hydrogen-bond donors (Lipinski definition) is 1. The van der Waals surface area contributed by atoms with Crippen LogP contribution in [0, 0.1) is 28.4 Å². The van der Waals surface area contributed by atoms with Crippen LogP contribution in [-0.4, -0.2) is 17.9 Å². The van der Waals surface area contributed by atoms with E-state index in [1.54, 1.807) is 19.1 Å². The molecule has 9 heteroatoms. The molecule has 0 saturated heterocycles. The van der Waals surface area contributed by atoms with Gasteiger partial charge in [-0.1, -0.05) is 48.0 Å². The first-order valence-corrected chi connectivity index (χ1v) is 10.4. The maximum Gasteiger partial charge on any atom is 0.271 e. The van der Waals surface area contributed by atoms with E-state index >= 15 is 0 Å². The van der Waals surface area contributed by atoms with Crippen LogP contribution in [0.25, 0.3) is 6.08 Å². The van der Waals surface area contributed by atoms with E-state index in [4.69, 9.17) is 21.1 Å². The van der Waals surface area contributed by atoms with Gasteiger partial charge < -0.3 is 14.8 Å². The molecule has 0 radical (unpaired) electrons. The van der Waals surface area contributed by atoms with Gasteiger partial charge in [0.15, 0.2) is 11.5 Å². The monoisotopic (exact) mass is 477 g/mol. The quantitative estimate of drug-likeness (QED) is 0.193. The number of aryl methyl sites for hydroxylation is 1. The van der Waals surface area contributed by atoms with Crippen LogP contribution in [0.15, 0.2) is 66.2 Å². The Kier molecular flexibility index (Phi) is 7.85. The van der Waals surface area contributed by atoms with Crippen molar-refractivity contribution in [3.63, 3.8) is 0 Å². The number of nitro benzene ring substituents is 1. The highest BCUT2D eigenvalue weighted by Gasteiger charge is 2.16. The molecule has 0 aliphatic carbocycles. The van der Waals surface area contributed by atoms with Crippen LogP contribution in [0.3, 0.4) is 0 Å². The normalized spacial score (nSPS) is 10.8. The molecule has 0 atom stereocenters. The largest absolute Gasteiger partial charge is 0.493 e. The number of nitrogens with one attached hydrogen (secondary N) is 1. The van der Waals surface area contributed by atoms with Gasteiger partial charge in [0.1, 0.15) is 18.2 Å². The van der Waals surface area contributed by atoms with E-state index in [9.17, 15) is 20.2 Å². The van der Waals surface area contributed by atoms with Gasteiger partial charge in [0.25, 0.3) is 11.6 Å². The van der Waals surface area contributed by atoms with E-state index in [-0.39, 0.29) is 28.6 Å². The number of ether oxygens (including phenoxy) is 2. The summed E-state index contributed by atoms with van der Waals surface area (Å²) in [7, 11) is 1.46. The molecule has 0 aliphatic rings. The minimum absolute atomic E-state index is 0.175. The number of benzene rings is 3. The Morgan fingerprint density at radius 1 is 1.21 bits per heavy atom. The molecule has 3 aromatic rings. The molecule has 0 aromatic heterocycles. The molecule has 0 bridgehead atoms. The van der Waals surface area contributed by atoms with Crippen LogP contribution in [-0.2, 0) is 11.4 Å². The Hall–Kier alpha value is -4.35. The van der Waals surface area contributed by atoms with E-state index in [0.29, 0.717) is 22.6 Å². The molecular formula is C25H20ClN3O5. The molecule has 8 nitrogen and oxygen atoms in total. The lowest BCUT2D eigenvalue weighted by atomic mass is 10.1. The van der Waals surface area contributed by atoms with Gasteiger partial charge in [-0.2, -0.15) is 5.26 Å². The maximum atomic E-state index is 12.7. The second-order valence-electron chi connectivity index (χ2n) is 7.19. The fourth-order valence-corrected chi connectivity index (χ4v) is 3.33. The fourth-order valence-electron chi connectivity index (χ4n) is 3.06. The number of nitro groups is 1. The summed E-state index contributed by atoms with van der Waals surface area (Å²) in [6, 6.07) is 18.6. The molecule has 0 unspecified atom stereocenters. The van der Waals surface area contributed by atoms with Gasteiger partial charge in [-0.05, 0) is 41.8 Å². The average Bonchev–Trinajstić information content (AvgIpc) is 2.83. The molecule has 1 N–H and O–H groups in total. The number of non-ortho nitro benzene ring substituents is 1. The van der Waals surface area contributed by atoms with Crippen LogP contribution in [0.5, 0.6) is 11.5 Å². The zero-order valence-electron chi connectivity index (χ0n) is 18.4. The van der Waals surface area contributed by atoms with Crippen LogP contribution < -0.4 is 14.8 Å². The third-order valence-electron chi connectivity index (χ3n) is 4.83. The third-order valence-corrected chi connectivity index (χ3v) is 5.11. The molecular weight excluding hydrogens is 458 g/mol. The lowest BCUT2D eigenvalue weighted by Gasteiger charge is -2.14. The minimum Gasteiger partial charge on any atom is -0.493 e. The second-order valence-corrected chi connectivity index (χ2v) is 7.60. The van der Waals surface area contributed by atoms with E-state index < -0.39 is 10.8 Å². The van der Waals surface area contributed by atoms with Gasteiger partial charge in [-0.15, -0.1) is 0 Å². The first kappa shape index (κ1) is 24.3. The van der Waals surface area contributed by atoms with Crippen molar-refractivity contribution >= 4 is 35.0 Å². The molecule has 172 valence electrons. The van der Waals surface area contributed by atoms with E-state index in [2.05, 4.69) is 5.32 Å². The summed E-state index contributed by atoms with van der Waals surface area (Å²) in [6.07, 6.45) is 1.34. The summed E-state index contributed by atoms with van der Waals surface area (Å²) < 4.78 is 11.2. The number of nitriles is 1. The number of methoxy groups -OCH3 is 1. The molecule has 0 fully saturated rings. The molecule has 0 heterocycles. The van der Waals surface area contributed by atoms with Crippen molar-refractivity contribution in [2.45, 2.75) is 13.5 Å². The zero-order valence-corrected chi connectivity index (χ0v) is 19.1. The van der Waals surface area contributed by atoms with Gasteiger partial charge in [-0.25, -0.2) is 0 Å². The number of nitrogens with zero attached hydrogens (tertiary/aromatic N) is 2. The molecule has 0 aliphatic heterocycles. The summed E-state index contributed by atoms with van der Waals surface area (Å²) in [5.41, 5.74) is 1.84. The molecule has 3 aromatic carbocycles. The number of anilines is 1. The minimum atomic E-state index is -0.717. The van der Waals surface area contributed by atoms with Crippen molar-refractivity contribution < 1.29 is 19.2 Å². The predicted molar refractivity (Wildman–Crippen MR) is 129 cm³/mol. The van der Waals surface area contributed by atoms with Crippen LogP contribution in [0.4, 0.5) is 11.4 Å². The Labute approximate surface area is 201 Å². The Morgan fingerprint density at radius 2 is 1.94 bits per heavy atom. The maximum absolute atomic E-state index is 12.7. The van der Waals surface area contributed by atoms with Crippen LogP contribution in [0.1, 0.15) is 16.7 Å². The highest BCUT2D eigenvalue weighted by Crippen LogP contribution is 2.37. The third kappa shape index (κ3) is 5.91. The molecule has 1 amide bonds. The lowest BCUT2D eigenvalue weighted by Crippen LogP contribution is -2.14. The fraction of sp³-hybridized carbons (Fsp3) is 0.120. The topological polar surface area (TPSA) is 114 Å². The number of carbonyl (C=O) groups is 1. The van der Waals surface area contributed by atoms with Crippen LogP contribution in [0.2, 0.25) is 5.02 Å². The lowest BCUT2D eigenvalue weighted by molar-refractivity contribution is -0.384. The van der Waals surface area contributed by atoms with Gasteiger partial charge in [-0.3, -0.25) is 14.9 Å². The van der Waals surface area contributed by atoms with Crippen molar-refractivity contribution in [1.29, 1.82) is 5.26 Å². The van der Waals surface area contributed by atoms with Crippen molar-refractivity contribution in [1.82, 2.24) is 0 Å². The smallest absolute Gasteiger partial charge is 0.271 e. The summed E-state index contributed by atoms with van der Waals surface area (Å²) in [5, 5.41) is 23.3. The number of carbonyl (C=O) groups excluding carboxylic acids is 1. The first-order chi connectivity index (χ1) is 16.3. The van der Waals surface area contributed by atoms with Gasteiger partial charge in [0.05, 0.1) is 22.7 Å². The van der Waals surface area contributed by atoms with Crippen molar-refractivity contribution in [3.8, 4) is 17.6 Å². The number of rotatable bonds is 8. The zero-order chi connectivity index (χ0) is 24.7. The summed E-state index contributed by atoms with van der Waals surface area (Å²) in [5.74, 6) is -0.0483. The Bertz CT molecular complexity index is 1300. The Balaban J connectivity index is 1.84. The number of amides is 1.